The molecular weight excluding hydrogens is 340 g/mol. The lowest BCUT2D eigenvalue weighted by Crippen LogP contribution is -2.44. The molecule has 2 heterocycles. The SMILES string of the molecule is CC(C)[C@@H](C)NC(=O)C1CCN(Cc2cc(Cl)c3c(c2)OCO3)CC1. The first kappa shape index (κ1) is 18.3. The number of benzene rings is 1. The van der Waals surface area contributed by atoms with Gasteiger partial charge in [-0.25, -0.2) is 0 Å². The number of piperidine rings is 1. The van der Waals surface area contributed by atoms with Crippen LogP contribution in [0.2, 0.25) is 5.02 Å². The molecule has 1 N–H and O–H groups in total. The molecule has 1 aromatic carbocycles. The van der Waals surface area contributed by atoms with Gasteiger partial charge in [-0.1, -0.05) is 25.4 Å². The fourth-order valence-corrected chi connectivity index (χ4v) is 3.52. The maximum absolute atomic E-state index is 12.4. The zero-order chi connectivity index (χ0) is 18.0. The van der Waals surface area contributed by atoms with Crippen LogP contribution in [-0.2, 0) is 11.3 Å². The van der Waals surface area contributed by atoms with Gasteiger partial charge in [-0.05, 0) is 56.5 Å². The predicted molar refractivity (Wildman–Crippen MR) is 98.0 cm³/mol. The molecule has 6 heteroatoms. The number of carbonyl (C=O) groups is 1. The number of rotatable bonds is 5. The van der Waals surface area contributed by atoms with Crippen molar-refractivity contribution in [3.8, 4) is 11.5 Å². The van der Waals surface area contributed by atoms with Gasteiger partial charge in [0, 0.05) is 18.5 Å². The smallest absolute Gasteiger partial charge is 0.231 e. The first-order chi connectivity index (χ1) is 11.9. The van der Waals surface area contributed by atoms with Crippen molar-refractivity contribution < 1.29 is 14.3 Å². The van der Waals surface area contributed by atoms with Crippen molar-refractivity contribution in [3.05, 3.63) is 22.7 Å². The first-order valence-corrected chi connectivity index (χ1v) is 9.42. The van der Waals surface area contributed by atoms with Crippen molar-refractivity contribution >= 4 is 17.5 Å². The van der Waals surface area contributed by atoms with Gasteiger partial charge in [-0.3, -0.25) is 9.69 Å². The van der Waals surface area contributed by atoms with E-state index in [0.717, 1.165) is 43.8 Å². The van der Waals surface area contributed by atoms with Crippen LogP contribution in [0, 0.1) is 11.8 Å². The van der Waals surface area contributed by atoms with E-state index in [1.54, 1.807) is 0 Å². The average molecular weight is 367 g/mol. The van der Waals surface area contributed by atoms with Crippen LogP contribution >= 0.6 is 11.6 Å². The number of nitrogens with zero attached hydrogens (tertiary/aromatic N) is 1. The Kier molecular flexibility index (Phi) is 5.74. The summed E-state index contributed by atoms with van der Waals surface area (Å²) in [5.41, 5.74) is 1.12. The number of ether oxygens (including phenoxy) is 2. The lowest BCUT2D eigenvalue weighted by Gasteiger charge is -2.32. The molecule has 2 aliphatic rings. The molecule has 1 fully saturated rings. The minimum Gasteiger partial charge on any atom is -0.454 e. The number of halogens is 1. The average Bonchev–Trinajstić information content (AvgIpc) is 3.04. The third kappa shape index (κ3) is 4.39. The maximum Gasteiger partial charge on any atom is 0.231 e. The quantitative estimate of drug-likeness (QED) is 0.867. The van der Waals surface area contributed by atoms with Crippen molar-refractivity contribution in [1.82, 2.24) is 10.2 Å². The summed E-state index contributed by atoms with van der Waals surface area (Å²) in [6.07, 6.45) is 1.80. The van der Waals surface area contributed by atoms with Crippen LogP contribution in [0.4, 0.5) is 0 Å². The van der Waals surface area contributed by atoms with Gasteiger partial charge < -0.3 is 14.8 Å². The van der Waals surface area contributed by atoms with Crippen molar-refractivity contribution in [2.75, 3.05) is 19.9 Å². The Labute approximate surface area is 154 Å². The molecule has 0 aliphatic carbocycles. The third-order valence-corrected chi connectivity index (χ3v) is 5.50. The number of fused-ring (bicyclic) bond motifs is 1. The molecule has 0 spiro atoms. The Morgan fingerprint density at radius 2 is 2.00 bits per heavy atom. The van der Waals surface area contributed by atoms with Gasteiger partial charge in [0.2, 0.25) is 12.7 Å². The maximum atomic E-state index is 12.4. The highest BCUT2D eigenvalue weighted by Crippen LogP contribution is 2.40. The van der Waals surface area contributed by atoms with Crippen LogP contribution in [-0.4, -0.2) is 36.7 Å². The summed E-state index contributed by atoms with van der Waals surface area (Å²) in [5, 5.41) is 3.74. The first-order valence-electron chi connectivity index (χ1n) is 9.04. The van der Waals surface area contributed by atoms with E-state index < -0.39 is 0 Å². The molecule has 5 nitrogen and oxygen atoms in total. The van der Waals surface area contributed by atoms with Gasteiger partial charge in [0.25, 0.3) is 0 Å². The minimum atomic E-state index is 0.123. The van der Waals surface area contributed by atoms with Crippen LogP contribution < -0.4 is 14.8 Å². The van der Waals surface area contributed by atoms with Crippen molar-refractivity contribution in [2.45, 2.75) is 46.2 Å². The van der Waals surface area contributed by atoms with Crippen LogP contribution in [0.15, 0.2) is 12.1 Å². The Balaban J connectivity index is 1.51. The van der Waals surface area contributed by atoms with E-state index in [1.165, 1.54) is 0 Å². The van der Waals surface area contributed by atoms with Crippen molar-refractivity contribution in [2.24, 2.45) is 11.8 Å². The standard InChI is InChI=1S/C19H27ClN2O3/c1-12(2)13(3)21-19(23)15-4-6-22(7-5-15)10-14-8-16(20)18-17(9-14)24-11-25-18/h8-9,12-13,15H,4-7,10-11H2,1-3H3,(H,21,23)/t13-/m1/s1. The molecule has 25 heavy (non-hydrogen) atoms. The zero-order valence-corrected chi connectivity index (χ0v) is 15.9. The van der Waals surface area contributed by atoms with Crippen molar-refractivity contribution in [3.63, 3.8) is 0 Å². The highest BCUT2D eigenvalue weighted by Gasteiger charge is 2.27. The Bertz CT molecular complexity index is 627. The fraction of sp³-hybridized carbons (Fsp3) is 0.632. The van der Waals surface area contributed by atoms with Gasteiger partial charge >= 0.3 is 0 Å². The summed E-state index contributed by atoms with van der Waals surface area (Å²) in [6.45, 7) is 9.20. The number of hydrogen-bond acceptors (Lipinski definition) is 4. The van der Waals surface area contributed by atoms with E-state index in [2.05, 4.69) is 31.0 Å². The zero-order valence-electron chi connectivity index (χ0n) is 15.2. The Hall–Kier alpha value is -1.46. The number of likely N-dealkylation sites (tertiary alicyclic amines) is 1. The number of hydrogen-bond donors (Lipinski definition) is 1. The molecule has 0 saturated carbocycles. The molecule has 2 aliphatic heterocycles. The lowest BCUT2D eigenvalue weighted by molar-refractivity contribution is -0.127. The molecule has 3 rings (SSSR count). The van der Waals surface area contributed by atoms with Gasteiger partial charge in [-0.15, -0.1) is 0 Å². The highest BCUT2D eigenvalue weighted by molar-refractivity contribution is 6.32. The molecule has 138 valence electrons. The lowest BCUT2D eigenvalue weighted by atomic mass is 9.94. The molecule has 1 saturated heterocycles. The van der Waals surface area contributed by atoms with Crippen LogP contribution in [0.1, 0.15) is 39.2 Å². The van der Waals surface area contributed by atoms with Crippen LogP contribution in [0.5, 0.6) is 11.5 Å². The summed E-state index contributed by atoms with van der Waals surface area (Å²) < 4.78 is 10.8. The van der Waals surface area contributed by atoms with Gasteiger partial charge in [0.05, 0.1) is 5.02 Å². The molecular formula is C19H27ClN2O3. The van der Waals surface area contributed by atoms with E-state index >= 15 is 0 Å². The monoisotopic (exact) mass is 366 g/mol. The summed E-state index contributed by atoms with van der Waals surface area (Å²) in [6, 6.07) is 4.16. The van der Waals surface area contributed by atoms with Crippen molar-refractivity contribution in [1.29, 1.82) is 0 Å². The van der Waals surface area contributed by atoms with Crippen LogP contribution in [0.3, 0.4) is 0 Å². The molecule has 0 aromatic heterocycles. The minimum absolute atomic E-state index is 0.123. The van der Waals surface area contributed by atoms with E-state index in [4.69, 9.17) is 21.1 Å². The van der Waals surface area contributed by atoms with Crippen LogP contribution in [0.25, 0.3) is 0 Å². The fourth-order valence-electron chi connectivity index (χ4n) is 3.23. The second-order valence-electron chi connectivity index (χ2n) is 7.40. The van der Waals surface area contributed by atoms with E-state index in [1.807, 2.05) is 12.1 Å². The Morgan fingerprint density at radius 3 is 2.68 bits per heavy atom. The molecule has 1 amide bonds. The molecule has 1 atom stereocenters. The summed E-state index contributed by atoms with van der Waals surface area (Å²) in [5.74, 6) is 2.14. The second-order valence-corrected chi connectivity index (χ2v) is 7.81. The number of amides is 1. The summed E-state index contributed by atoms with van der Waals surface area (Å²) in [4.78, 5) is 14.7. The topological polar surface area (TPSA) is 50.8 Å². The predicted octanol–water partition coefficient (Wildman–Crippen LogP) is 3.44. The van der Waals surface area contributed by atoms with Gasteiger partial charge in [-0.2, -0.15) is 0 Å². The number of nitrogens with one attached hydrogen (secondary N) is 1. The van der Waals surface area contributed by atoms with Gasteiger partial charge in [0.1, 0.15) is 0 Å². The summed E-state index contributed by atoms with van der Waals surface area (Å²) >= 11 is 6.25. The third-order valence-electron chi connectivity index (χ3n) is 5.22. The van der Waals surface area contributed by atoms with E-state index in [-0.39, 0.29) is 24.7 Å². The summed E-state index contributed by atoms with van der Waals surface area (Å²) in [7, 11) is 0. The molecule has 0 radical (unpaired) electrons. The largest absolute Gasteiger partial charge is 0.454 e. The number of carbonyl (C=O) groups excluding carboxylic acids is 1. The molecule has 1 aromatic rings. The highest BCUT2D eigenvalue weighted by atomic mass is 35.5. The second kappa shape index (κ2) is 7.83. The van der Waals surface area contributed by atoms with Gasteiger partial charge in [0.15, 0.2) is 11.5 Å². The van der Waals surface area contributed by atoms with E-state index in [0.29, 0.717) is 16.7 Å². The molecule has 0 unspecified atom stereocenters. The molecule has 0 bridgehead atoms. The van der Waals surface area contributed by atoms with E-state index in [9.17, 15) is 4.79 Å². The normalized spacial score (nSPS) is 19.2. The Morgan fingerprint density at radius 1 is 1.28 bits per heavy atom.